The minimum absolute atomic E-state index is 0.0430. The monoisotopic (exact) mass is 457 g/mol. The van der Waals surface area contributed by atoms with Crippen LogP contribution in [0.5, 0.6) is 0 Å². The minimum Gasteiger partial charge on any atom is -0.367 e. The average Bonchev–Trinajstić information content (AvgIpc) is 3.03. The van der Waals surface area contributed by atoms with Crippen LogP contribution in [0.2, 0.25) is 0 Å². The first-order chi connectivity index (χ1) is 15.1. The Hall–Kier alpha value is -3.57. The van der Waals surface area contributed by atoms with Gasteiger partial charge in [0.15, 0.2) is 0 Å². The maximum Gasteiger partial charge on any atom is 0.293 e. The lowest BCUT2D eigenvalue weighted by Gasteiger charge is -2.20. The highest BCUT2D eigenvalue weighted by Gasteiger charge is 2.29. The molecule has 0 unspecified atom stereocenters. The number of carbonyl (C=O) groups is 1. The van der Waals surface area contributed by atoms with Crippen molar-refractivity contribution in [1.82, 2.24) is 0 Å². The number of benzene rings is 2. The van der Waals surface area contributed by atoms with Gasteiger partial charge in [-0.3, -0.25) is 14.9 Å². The summed E-state index contributed by atoms with van der Waals surface area (Å²) in [6.07, 6.45) is 1.55. The molecule has 1 aliphatic rings. The molecule has 0 atom stereocenters. The fourth-order valence-electron chi connectivity index (χ4n) is 3.41. The van der Waals surface area contributed by atoms with E-state index < -0.39 is 20.9 Å². The molecule has 2 N–H and O–H groups in total. The summed E-state index contributed by atoms with van der Waals surface area (Å²) in [5.41, 5.74) is 2.05. The Morgan fingerprint density at radius 1 is 1.16 bits per heavy atom. The van der Waals surface area contributed by atoms with Crippen molar-refractivity contribution >= 4 is 44.8 Å². The summed E-state index contributed by atoms with van der Waals surface area (Å²) in [7, 11) is -3.85. The number of sulfonamides is 1. The number of hydrogen-bond donors (Lipinski definition) is 1. The first-order valence-electron chi connectivity index (χ1n) is 9.84. The van der Waals surface area contributed by atoms with E-state index >= 15 is 0 Å². The molecule has 1 aliphatic heterocycles. The molecule has 2 aromatic rings. The van der Waals surface area contributed by atoms with E-state index in [1.165, 1.54) is 30.3 Å². The van der Waals surface area contributed by atoms with Crippen LogP contribution < -0.4 is 15.0 Å². The van der Waals surface area contributed by atoms with Gasteiger partial charge in [-0.1, -0.05) is 6.07 Å². The summed E-state index contributed by atoms with van der Waals surface area (Å²) < 4.78 is 22.9. The Balaban J connectivity index is 1.95. The summed E-state index contributed by atoms with van der Waals surface area (Å²) in [6.45, 7) is 6.75. The molecule has 0 spiro atoms. The molecule has 1 heterocycles. The molecule has 0 aromatic heterocycles. The third-order valence-electron chi connectivity index (χ3n) is 5.08. The third kappa shape index (κ3) is 4.53. The van der Waals surface area contributed by atoms with Crippen LogP contribution in [0.1, 0.15) is 26.3 Å². The molecule has 0 saturated carbocycles. The van der Waals surface area contributed by atoms with E-state index in [2.05, 4.69) is 5.10 Å². The van der Waals surface area contributed by atoms with Crippen LogP contribution in [0.15, 0.2) is 58.0 Å². The van der Waals surface area contributed by atoms with E-state index in [1.54, 1.807) is 25.1 Å². The van der Waals surface area contributed by atoms with Gasteiger partial charge in [-0.25, -0.2) is 13.6 Å². The molecule has 11 heteroatoms. The fraction of sp³-hybridized carbons (Fsp3) is 0.238. The lowest BCUT2D eigenvalue weighted by Crippen LogP contribution is -2.23. The van der Waals surface area contributed by atoms with E-state index in [1.807, 2.05) is 18.7 Å². The topological polar surface area (TPSA) is 139 Å². The van der Waals surface area contributed by atoms with Crippen molar-refractivity contribution in [3.05, 3.63) is 63.7 Å². The zero-order chi connectivity index (χ0) is 23.6. The smallest absolute Gasteiger partial charge is 0.293 e. The number of anilines is 2. The number of nitrogens with zero attached hydrogens (tertiary/aromatic N) is 4. The molecule has 10 nitrogen and oxygen atoms in total. The van der Waals surface area contributed by atoms with Crippen LogP contribution >= 0.6 is 0 Å². The van der Waals surface area contributed by atoms with Gasteiger partial charge in [0.2, 0.25) is 10.0 Å². The average molecular weight is 458 g/mol. The second kappa shape index (κ2) is 8.89. The Labute approximate surface area is 185 Å². The van der Waals surface area contributed by atoms with Gasteiger partial charge >= 0.3 is 0 Å². The normalized spacial score (nSPS) is 15.2. The van der Waals surface area contributed by atoms with Gasteiger partial charge < -0.3 is 4.90 Å². The van der Waals surface area contributed by atoms with Gasteiger partial charge in [-0.05, 0) is 62.7 Å². The summed E-state index contributed by atoms with van der Waals surface area (Å²) in [4.78, 5) is 25.9. The Morgan fingerprint density at radius 2 is 1.78 bits per heavy atom. The van der Waals surface area contributed by atoms with Crippen molar-refractivity contribution in [3.63, 3.8) is 0 Å². The minimum atomic E-state index is -3.85. The van der Waals surface area contributed by atoms with Crippen molar-refractivity contribution in [2.75, 3.05) is 23.0 Å². The van der Waals surface area contributed by atoms with E-state index in [-0.39, 0.29) is 16.2 Å². The standard InChI is InChI=1S/C21H23N5O5S/c1-4-24(5-2)19-11-6-15(13-20(19)26(28)29)12-18-14(3)23-25(21(18)27)16-7-9-17(10-8-16)32(22,30)31/h6-13H,4-5H2,1-3H3,(H2,22,30,31)/b18-12+. The predicted octanol–water partition coefficient (Wildman–Crippen LogP) is 2.89. The molecule has 1 amide bonds. The van der Waals surface area contributed by atoms with Crippen molar-refractivity contribution < 1.29 is 18.1 Å². The second-order valence-electron chi connectivity index (χ2n) is 7.08. The summed E-state index contributed by atoms with van der Waals surface area (Å²) in [6, 6.07) is 10.3. The molecule has 168 valence electrons. The Kier molecular flexibility index (Phi) is 6.42. The van der Waals surface area contributed by atoms with E-state index in [9.17, 15) is 23.3 Å². The van der Waals surface area contributed by atoms with Gasteiger partial charge in [-0.15, -0.1) is 0 Å². The SMILES string of the molecule is CCN(CC)c1ccc(/C=C2/C(=O)N(c3ccc(S(N)(=O)=O)cc3)N=C2C)cc1[N+](=O)[O-]. The number of nitrogens with two attached hydrogens (primary N) is 1. The van der Waals surface area contributed by atoms with E-state index in [4.69, 9.17) is 5.14 Å². The van der Waals surface area contributed by atoms with Gasteiger partial charge in [-0.2, -0.15) is 10.1 Å². The van der Waals surface area contributed by atoms with Crippen molar-refractivity contribution in [1.29, 1.82) is 0 Å². The zero-order valence-electron chi connectivity index (χ0n) is 17.8. The number of carbonyl (C=O) groups excluding carboxylic acids is 1. The highest BCUT2D eigenvalue weighted by Crippen LogP contribution is 2.31. The molecule has 0 saturated heterocycles. The summed E-state index contributed by atoms with van der Waals surface area (Å²) >= 11 is 0. The fourth-order valence-corrected chi connectivity index (χ4v) is 3.93. The van der Waals surface area contributed by atoms with Gasteiger partial charge in [0, 0.05) is 19.2 Å². The molecule has 3 rings (SSSR count). The second-order valence-corrected chi connectivity index (χ2v) is 8.64. The lowest BCUT2D eigenvalue weighted by molar-refractivity contribution is -0.384. The van der Waals surface area contributed by atoms with Crippen LogP contribution in [0.3, 0.4) is 0 Å². The predicted molar refractivity (Wildman–Crippen MR) is 123 cm³/mol. The number of rotatable bonds is 7. The largest absolute Gasteiger partial charge is 0.367 e. The zero-order valence-corrected chi connectivity index (χ0v) is 18.7. The van der Waals surface area contributed by atoms with Crippen LogP contribution in [-0.4, -0.2) is 38.0 Å². The molecular formula is C21H23N5O5S. The summed E-state index contributed by atoms with van der Waals surface area (Å²) in [5.74, 6) is -0.429. The highest BCUT2D eigenvalue weighted by atomic mass is 32.2. The molecule has 0 aliphatic carbocycles. The first kappa shape index (κ1) is 23.1. The molecule has 2 aromatic carbocycles. The van der Waals surface area contributed by atoms with Crippen molar-refractivity contribution in [2.45, 2.75) is 25.7 Å². The van der Waals surface area contributed by atoms with Crippen LogP contribution in [0, 0.1) is 10.1 Å². The van der Waals surface area contributed by atoms with Gasteiger partial charge in [0.1, 0.15) is 5.69 Å². The highest BCUT2D eigenvalue weighted by molar-refractivity contribution is 7.89. The molecule has 0 radical (unpaired) electrons. The van der Waals surface area contributed by atoms with Crippen molar-refractivity contribution in [2.24, 2.45) is 10.2 Å². The number of nitro benzene ring substituents is 1. The van der Waals surface area contributed by atoms with Gasteiger partial charge in [0.05, 0.1) is 26.8 Å². The Bertz CT molecular complexity index is 1230. The first-order valence-corrected chi connectivity index (χ1v) is 11.4. The summed E-state index contributed by atoms with van der Waals surface area (Å²) in [5, 5.41) is 22.1. The third-order valence-corrected chi connectivity index (χ3v) is 6.01. The molecular weight excluding hydrogens is 434 g/mol. The van der Waals surface area contributed by atoms with Crippen LogP contribution in [0.25, 0.3) is 6.08 Å². The van der Waals surface area contributed by atoms with Crippen molar-refractivity contribution in [3.8, 4) is 0 Å². The van der Waals surface area contributed by atoms with Crippen LogP contribution in [0.4, 0.5) is 17.1 Å². The Morgan fingerprint density at radius 3 is 2.31 bits per heavy atom. The number of nitro groups is 1. The number of primary sulfonamides is 1. The molecule has 0 fully saturated rings. The lowest BCUT2D eigenvalue weighted by atomic mass is 10.1. The van der Waals surface area contributed by atoms with E-state index in [0.717, 1.165) is 5.01 Å². The quantitative estimate of drug-likeness (QED) is 0.385. The maximum absolute atomic E-state index is 12.9. The molecule has 32 heavy (non-hydrogen) atoms. The van der Waals surface area contributed by atoms with Crippen LogP contribution in [-0.2, 0) is 14.8 Å². The molecule has 0 bridgehead atoms. The number of hydrogen-bond acceptors (Lipinski definition) is 7. The number of hydrazone groups is 1. The van der Waals surface area contributed by atoms with Gasteiger partial charge in [0.25, 0.3) is 11.6 Å². The maximum atomic E-state index is 12.9. The number of amides is 1. The van der Waals surface area contributed by atoms with E-state index in [0.29, 0.717) is 35.7 Å².